The molecule has 0 atom stereocenters. The monoisotopic (exact) mass is 365 g/mol. The van der Waals surface area contributed by atoms with Crippen molar-refractivity contribution in [3.63, 3.8) is 0 Å². The maximum absolute atomic E-state index is 12.4. The van der Waals surface area contributed by atoms with E-state index in [4.69, 9.17) is 0 Å². The maximum atomic E-state index is 12.4. The van der Waals surface area contributed by atoms with E-state index in [0.29, 0.717) is 12.3 Å². The Kier molecular flexibility index (Phi) is 5.34. The Labute approximate surface area is 158 Å². The van der Waals surface area contributed by atoms with E-state index < -0.39 is 0 Å². The number of carbonyl (C=O) groups excluding carboxylic acids is 1. The predicted molar refractivity (Wildman–Crippen MR) is 110 cm³/mol. The summed E-state index contributed by atoms with van der Waals surface area (Å²) < 4.78 is 0. The highest BCUT2D eigenvalue weighted by Gasteiger charge is 2.28. The molecular weight excluding hydrogens is 342 g/mol. The first-order valence-corrected chi connectivity index (χ1v) is 10.3. The zero-order valence-electron chi connectivity index (χ0n) is 14.9. The minimum Gasteiger partial charge on any atom is -0.285 e. The van der Waals surface area contributed by atoms with Crippen LogP contribution in [0.15, 0.2) is 52.7 Å². The van der Waals surface area contributed by atoms with E-state index in [1.54, 1.807) is 4.90 Å². The average Bonchev–Trinajstić information content (AvgIpc) is 2.87. The second-order valence-electron chi connectivity index (χ2n) is 6.87. The van der Waals surface area contributed by atoms with E-state index in [0.717, 1.165) is 23.6 Å². The Morgan fingerprint density at radius 2 is 1.69 bits per heavy atom. The molecule has 1 amide bonds. The standard InChI is InChI=1S/C21H23N3OS/c25-20-15-26-21(23-22-18-11-3-1-2-4-12-18)24(20)14-17-10-7-9-16-8-5-6-13-19(16)17/h5-10,13H,1-4,11-12,14-15H2/b23-21-. The van der Waals surface area contributed by atoms with Crippen LogP contribution in [0, 0.1) is 0 Å². The van der Waals surface area contributed by atoms with Crippen LogP contribution in [0.2, 0.25) is 0 Å². The Balaban J connectivity index is 1.58. The Bertz CT molecular complexity index is 859. The lowest BCUT2D eigenvalue weighted by molar-refractivity contribution is -0.124. The third-order valence-corrected chi connectivity index (χ3v) is 5.97. The van der Waals surface area contributed by atoms with Crippen LogP contribution < -0.4 is 0 Å². The molecule has 0 bridgehead atoms. The van der Waals surface area contributed by atoms with Crippen molar-refractivity contribution in [2.75, 3.05) is 5.75 Å². The highest BCUT2D eigenvalue weighted by atomic mass is 32.2. The van der Waals surface area contributed by atoms with Crippen molar-refractivity contribution >= 4 is 39.3 Å². The predicted octanol–water partition coefficient (Wildman–Crippen LogP) is 4.98. The average molecular weight is 366 g/mol. The zero-order valence-corrected chi connectivity index (χ0v) is 15.7. The fraction of sp³-hybridized carbons (Fsp3) is 0.381. The first-order chi connectivity index (χ1) is 12.8. The molecule has 5 heteroatoms. The van der Waals surface area contributed by atoms with Crippen molar-refractivity contribution in [2.24, 2.45) is 10.2 Å². The summed E-state index contributed by atoms with van der Waals surface area (Å²) in [6.45, 7) is 0.552. The molecule has 0 unspecified atom stereocenters. The molecule has 4 rings (SSSR count). The van der Waals surface area contributed by atoms with E-state index in [-0.39, 0.29) is 5.91 Å². The number of fused-ring (bicyclic) bond motifs is 1. The Morgan fingerprint density at radius 1 is 0.923 bits per heavy atom. The fourth-order valence-corrected chi connectivity index (χ4v) is 4.41. The highest BCUT2D eigenvalue weighted by Crippen LogP contribution is 2.26. The normalized spacial score (nSPS) is 20.0. The highest BCUT2D eigenvalue weighted by molar-refractivity contribution is 8.15. The summed E-state index contributed by atoms with van der Waals surface area (Å²) in [6.07, 6.45) is 7.06. The number of nitrogens with zero attached hydrogens (tertiary/aromatic N) is 3. The molecule has 2 aromatic carbocycles. The lowest BCUT2D eigenvalue weighted by Crippen LogP contribution is -2.29. The molecule has 2 aliphatic rings. The number of rotatable bonds is 3. The van der Waals surface area contributed by atoms with Crippen molar-refractivity contribution in [3.05, 3.63) is 48.0 Å². The number of hydrogen-bond donors (Lipinski definition) is 0. The largest absolute Gasteiger partial charge is 0.285 e. The summed E-state index contributed by atoms with van der Waals surface area (Å²) in [5.74, 6) is 0.566. The molecule has 1 heterocycles. The lowest BCUT2D eigenvalue weighted by atomic mass is 10.0. The van der Waals surface area contributed by atoms with Crippen molar-refractivity contribution in [3.8, 4) is 0 Å². The molecular formula is C21H23N3OS. The minimum atomic E-state index is 0.114. The van der Waals surface area contributed by atoms with Gasteiger partial charge in [0.25, 0.3) is 0 Å². The van der Waals surface area contributed by atoms with Gasteiger partial charge < -0.3 is 0 Å². The van der Waals surface area contributed by atoms with E-state index in [9.17, 15) is 4.79 Å². The van der Waals surface area contributed by atoms with Gasteiger partial charge in [-0.3, -0.25) is 9.69 Å². The molecule has 1 saturated carbocycles. The second kappa shape index (κ2) is 8.04. The number of carbonyl (C=O) groups is 1. The molecule has 0 radical (unpaired) electrons. The molecule has 1 aliphatic carbocycles. The van der Waals surface area contributed by atoms with Crippen LogP contribution in [0.3, 0.4) is 0 Å². The SMILES string of the molecule is O=C1CS/C(=N\N=C2CCCCCC2)N1Cc1cccc2ccccc12. The molecule has 0 N–H and O–H groups in total. The number of thioether (sulfide) groups is 1. The van der Waals surface area contributed by atoms with Gasteiger partial charge in [-0.1, -0.05) is 67.1 Å². The molecule has 2 aromatic rings. The quantitative estimate of drug-likeness (QED) is 0.569. The Morgan fingerprint density at radius 3 is 2.54 bits per heavy atom. The van der Waals surface area contributed by atoms with E-state index in [1.807, 2.05) is 18.2 Å². The van der Waals surface area contributed by atoms with Gasteiger partial charge in [-0.2, -0.15) is 5.10 Å². The summed E-state index contributed by atoms with van der Waals surface area (Å²) in [6, 6.07) is 14.5. The van der Waals surface area contributed by atoms with Gasteiger partial charge in [0.15, 0.2) is 5.17 Å². The summed E-state index contributed by atoms with van der Waals surface area (Å²) in [7, 11) is 0. The smallest absolute Gasteiger partial charge is 0.239 e. The fourth-order valence-electron chi connectivity index (χ4n) is 3.58. The molecule has 1 saturated heterocycles. The van der Waals surface area contributed by atoms with Gasteiger partial charge in [-0.25, -0.2) is 0 Å². The van der Waals surface area contributed by atoms with E-state index in [1.165, 1.54) is 53.9 Å². The van der Waals surface area contributed by atoms with Gasteiger partial charge in [0.1, 0.15) is 0 Å². The lowest BCUT2D eigenvalue weighted by Gasteiger charge is -2.16. The first-order valence-electron chi connectivity index (χ1n) is 9.34. The van der Waals surface area contributed by atoms with E-state index >= 15 is 0 Å². The van der Waals surface area contributed by atoms with Crippen LogP contribution in [0.1, 0.15) is 44.1 Å². The molecule has 134 valence electrons. The van der Waals surface area contributed by atoms with Gasteiger partial charge in [0.05, 0.1) is 12.3 Å². The number of amides is 1. The molecule has 2 fully saturated rings. The van der Waals surface area contributed by atoms with Gasteiger partial charge in [-0.05, 0) is 42.0 Å². The Hall–Kier alpha value is -2.14. The second-order valence-corrected chi connectivity index (χ2v) is 7.81. The topological polar surface area (TPSA) is 45.0 Å². The van der Waals surface area contributed by atoms with E-state index in [2.05, 4.69) is 34.5 Å². The van der Waals surface area contributed by atoms with Crippen molar-refractivity contribution in [1.29, 1.82) is 0 Å². The molecule has 4 nitrogen and oxygen atoms in total. The molecule has 0 aromatic heterocycles. The third-order valence-electron chi connectivity index (χ3n) is 5.02. The van der Waals surface area contributed by atoms with Gasteiger partial charge in [0.2, 0.25) is 5.91 Å². The van der Waals surface area contributed by atoms with Gasteiger partial charge in [0, 0.05) is 5.71 Å². The van der Waals surface area contributed by atoms with Crippen LogP contribution >= 0.6 is 11.8 Å². The minimum absolute atomic E-state index is 0.114. The number of benzene rings is 2. The summed E-state index contributed by atoms with van der Waals surface area (Å²) >= 11 is 1.50. The number of amidine groups is 1. The van der Waals surface area contributed by atoms with Crippen molar-refractivity contribution in [2.45, 2.75) is 45.1 Å². The maximum Gasteiger partial charge on any atom is 0.239 e. The summed E-state index contributed by atoms with van der Waals surface area (Å²) in [5.41, 5.74) is 2.33. The molecule has 0 spiro atoms. The van der Waals surface area contributed by atoms with Gasteiger partial charge in [-0.15, -0.1) is 5.10 Å². The van der Waals surface area contributed by atoms with Crippen molar-refractivity contribution in [1.82, 2.24) is 4.90 Å². The van der Waals surface area contributed by atoms with Crippen LogP contribution in [-0.2, 0) is 11.3 Å². The third kappa shape index (κ3) is 3.83. The van der Waals surface area contributed by atoms with Crippen LogP contribution in [-0.4, -0.2) is 27.4 Å². The van der Waals surface area contributed by atoms with Crippen LogP contribution in [0.25, 0.3) is 10.8 Å². The molecule has 1 aliphatic heterocycles. The number of hydrogen-bond acceptors (Lipinski definition) is 4. The van der Waals surface area contributed by atoms with Crippen molar-refractivity contribution < 1.29 is 4.79 Å². The van der Waals surface area contributed by atoms with Gasteiger partial charge >= 0.3 is 0 Å². The van der Waals surface area contributed by atoms with Crippen LogP contribution in [0.4, 0.5) is 0 Å². The summed E-state index contributed by atoms with van der Waals surface area (Å²) in [4.78, 5) is 14.2. The van der Waals surface area contributed by atoms with Crippen LogP contribution in [0.5, 0.6) is 0 Å². The summed E-state index contributed by atoms with van der Waals surface area (Å²) in [5, 5.41) is 12.1. The first kappa shape index (κ1) is 17.3. The molecule has 26 heavy (non-hydrogen) atoms. The zero-order chi connectivity index (χ0) is 17.8.